The lowest BCUT2D eigenvalue weighted by atomic mass is 9.93. The lowest BCUT2D eigenvalue weighted by Crippen LogP contribution is -2.41. The van der Waals surface area contributed by atoms with Crippen molar-refractivity contribution < 1.29 is 19.4 Å². The van der Waals surface area contributed by atoms with Crippen molar-refractivity contribution in [3.8, 4) is 0 Å². The Kier molecular flexibility index (Phi) is 3.47. The first-order valence-electron chi connectivity index (χ1n) is 7.13. The lowest BCUT2D eigenvalue weighted by molar-refractivity contribution is -0.00729. The Morgan fingerprint density at radius 2 is 2.05 bits per heavy atom. The molecule has 1 fully saturated rings. The van der Waals surface area contributed by atoms with Crippen LogP contribution in [0, 0.1) is 0 Å². The number of hydrogen-bond donors (Lipinski definition) is 2. The van der Waals surface area contributed by atoms with Crippen LogP contribution in [0.2, 0.25) is 0 Å². The highest BCUT2D eigenvalue weighted by molar-refractivity contribution is 5.91. The fraction of sp³-hybridized carbons (Fsp3) is 0.438. The normalized spacial score (nSPS) is 19.0. The highest BCUT2D eigenvalue weighted by atomic mass is 16.4. The molecule has 0 amide bonds. The Bertz CT molecular complexity index is 664. The molecule has 112 valence electrons. The van der Waals surface area contributed by atoms with Crippen LogP contribution in [0.4, 0.5) is 0 Å². The molecule has 0 bridgehead atoms. The van der Waals surface area contributed by atoms with Crippen LogP contribution in [0.5, 0.6) is 0 Å². The average Bonchev–Trinajstić information content (AvgIpc) is 2.84. The SMILES string of the molecule is CC1(O)CCN(Cc2ccc3oc(C(=O)O)cc3c2)CC1. The van der Waals surface area contributed by atoms with Gasteiger partial charge in [0.25, 0.3) is 0 Å². The van der Waals surface area contributed by atoms with Crippen LogP contribution in [-0.2, 0) is 6.54 Å². The first kappa shape index (κ1) is 14.1. The molecule has 2 aromatic rings. The van der Waals surface area contributed by atoms with Gasteiger partial charge in [0.2, 0.25) is 5.76 Å². The summed E-state index contributed by atoms with van der Waals surface area (Å²) in [4.78, 5) is 13.2. The van der Waals surface area contributed by atoms with Crippen LogP contribution in [0.3, 0.4) is 0 Å². The van der Waals surface area contributed by atoms with Gasteiger partial charge in [-0.25, -0.2) is 4.79 Å². The third-order valence-corrected chi connectivity index (χ3v) is 4.13. The molecule has 21 heavy (non-hydrogen) atoms. The summed E-state index contributed by atoms with van der Waals surface area (Å²) in [6, 6.07) is 7.31. The van der Waals surface area contributed by atoms with Gasteiger partial charge in [-0.05, 0) is 43.5 Å². The number of carboxylic acids is 1. The van der Waals surface area contributed by atoms with E-state index in [1.54, 1.807) is 6.07 Å². The summed E-state index contributed by atoms with van der Waals surface area (Å²) in [6.07, 6.45) is 1.56. The topological polar surface area (TPSA) is 73.9 Å². The Hall–Kier alpha value is -1.85. The quantitative estimate of drug-likeness (QED) is 0.908. The second kappa shape index (κ2) is 5.16. The largest absolute Gasteiger partial charge is 0.475 e. The Morgan fingerprint density at radius 1 is 1.33 bits per heavy atom. The number of nitrogens with zero attached hydrogens (tertiary/aromatic N) is 1. The van der Waals surface area contributed by atoms with Gasteiger partial charge in [-0.2, -0.15) is 0 Å². The predicted octanol–water partition coefficient (Wildman–Crippen LogP) is 2.48. The van der Waals surface area contributed by atoms with Crippen molar-refractivity contribution in [3.05, 3.63) is 35.6 Å². The zero-order valence-corrected chi connectivity index (χ0v) is 12.0. The number of piperidine rings is 1. The van der Waals surface area contributed by atoms with E-state index in [4.69, 9.17) is 9.52 Å². The zero-order chi connectivity index (χ0) is 15.0. The lowest BCUT2D eigenvalue weighted by Gasteiger charge is -2.35. The number of hydrogen-bond acceptors (Lipinski definition) is 4. The first-order chi connectivity index (χ1) is 9.93. The summed E-state index contributed by atoms with van der Waals surface area (Å²) in [5.41, 5.74) is 1.18. The van der Waals surface area contributed by atoms with Crippen molar-refractivity contribution in [2.75, 3.05) is 13.1 Å². The summed E-state index contributed by atoms with van der Waals surface area (Å²) in [5, 5.41) is 19.7. The molecule has 0 radical (unpaired) electrons. The van der Waals surface area contributed by atoms with E-state index in [1.807, 2.05) is 25.1 Å². The summed E-state index contributed by atoms with van der Waals surface area (Å²) in [5.74, 6) is -1.08. The molecule has 1 aliphatic heterocycles. The van der Waals surface area contributed by atoms with E-state index in [0.717, 1.165) is 43.4 Å². The molecule has 0 spiro atoms. The predicted molar refractivity (Wildman–Crippen MR) is 78.3 cm³/mol. The molecule has 1 aromatic heterocycles. The van der Waals surface area contributed by atoms with Gasteiger partial charge in [0, 0.05) is 25.0 Å². The maximum Gasteiger partial charge on any atom is 0.371 e. The van der Waals surface area contributed by atoms with Gasteiger partial charge < -0.3 is 14.6 Å². The summed E-state index contributed by atoms with van der Waals surface area (Å²) >= 11 is 0. The number of rotatable bonds is 3. The zero-order valence-electron chi connectivity index (χ0n) is 12.0. The molecule has 1 saturated heterocycles. The molecule has 3 rings (SSSR count). The third kappa shape index (κ3) is 3.09. The summed E-state index contributed by atoms with van der Waals surface area (Å²) < 4.78 is 5.26. The summed E-state index contributed by atoms with van der Waals surface area (Å²) in [7, 11) is 0. The number of fused-ring (bicyclic) bond motifs is 1. The van der Waals surface area contributed by atoms with Gasteiger partial charge in [-0.3, -0.25) is 4.90 Å². The van der Waals surface area contributed by atoms with E-state index in [0.29, 0.717) is 5.58 Å². The number of likely N-dealkylation sites (tertiary alicyclic amines) is 1. The number of carbonyl (C=O) groups is 1. The highest BCUT2D eigenvalue weighted by Crippen LogP contribution is 2.25. The van der Waals surface area contributed by atoms with Gasteiger partial charge in [-0.15, -0.1) is 0 Å². The van der Waals surface area contributed by atoms with E-state index in [2.05, 4.69) is 4.90 Å². The molecule has 0 unspecified atom stereocenters. The smallest absolute Gasteiger partial charge is 0.371 e. The van der Waals surface area contributed by atoms with Crippen molar-refractivity contribution in [3.63, 3.8) is 0 Å². The Morgan fingerprint density at radius 3 is 2.71 bits per heavy atom. The van der Waals surface area contributed by atoms with E-state index in [9.17, 15) is 9.90 Å². The molecular weight excluding hydrogens is 270 g/mol. The maximum atomic E-state index is 10.9. The molecular formula is C16H19NO4. The molecule has 5 heteroatoms. The summed E-state index contributed by atoms with van der Waals surface area (Å²) in [6.45, 7) is 4.43. The van der Waals surface area contributed by atoms with Crippen molar-refractivity contribution in [1.29, 1.82) is 0 Å². The molecule has 0 atom stereocenters. The first-order valence-corrected chi connectivity index (χ1v) is 7.13. The van der Waals surface area contributed by atoms with Crippen LogP contribution in [-0.4, -0.2) is 39.8 Å². The van der Waals surface area contributed by atoms with Crippen LogP contribution in [0.15, 0.2) is 28.7 Å². The molecule has 2 heterocycles. The number of carboxylic acid groups (broad SMARTS) is 1. The number of aromatic carboxylic acids is 1. The van der Waals surface area contributed by atoms with E-state index < -0.39 is 11.6 Å². The molecule has 0 saturated carbocycles. The maximum absolute atomic E-state index is 10.9. The van der Waals surface area contributed by atoms with Crippen LogP contribution >= 0.6 is 0 Å². The van der Waals surface area contributed by atoms with Gasteiger partial charge in [0.15, 0.2) is 0 Å². The van der Waals surface area contributed by atoms with Gasteiger partial charge in [-0.1, -0.05) is 6.07 Å². The molecule has 5 nitrogen and oxygen atoms in total. The van der Waals surface area contributed by atoms with Gasteiger partial charge in [0.1, 0.15) is 5.58 Å². The van der Waals surface area contributed by atoms with E-state index in [1.165, 1.54) is 0 Å². The fourth-order valence-electron chi connectivity index (χ4n) is 2.75. The standard InChI is InChI=1S/C16H19NO4/c1-16(20)4-6-17(7-5-16)10-11-2-3-13-12(8-11)9-14(21-13)15(18)19/h2-3,8-9,20H,4-7,10H2,1H3,(H,18,19). The van der Waals surface area contributed by atoms with Crippen LogP contribution in [0.25, 0.3) is 11.0 Å². The Labute approximate surface area is 122 Å². The van der Waals surface area contributed by atoms with Crippen molar-refractivity contribution in [2.45, 2.75) is 31.9 Å². The number of aliphatic hydroxyl groups is 1. The third-order valence-electron chi connectivity index (χ3n) is 4.13. The Balaban J connectivity index is 1.74. The number of benzene rings is 1. The van der Waals surface area contributed by atoms with Gasteiger partial charge >= 0.3 is 5.97 Å². The van der Waals surface area contributed by atoms with E-state index >= 15 is 0 Å². The molecule has 1 aromatic carbocycles. The molecule has 1 aliphatic rings. The second-order valence-corrected chi connectivity index (χ2v) is 6.06. The van der Waals surface area contributed by atoms with Crippen LogP contribution < -0.4 is 0 Å². The monoisotopic (exact) mass is 289 g/mol. The van der Waals surface area contributed by atoms with Crippen LogP contribution in [0.1, 0.15) is 35.9 Å². The second-order valence-electron chi connectivity index (χ2n) is 6.06. The minimum atomic E-state index is -1.05. The van der Waals surface area contributed by atoms with Crippen molar-refractivity contribution in [1.82, 2.24) is 4.90 Å². The van der Waals surface area contributed by atoms with E-state index in [-0.39, 0.29) is 5.76 Å². The minimum absolute atomic E-state index is 0.0313. The van der Waals surface area contributed by atoms with Crippen molar-refractivity contribution >= 4 is 16.9 Å². The average molecular weight is 289 g/mol. The highest BCUT2D eigenvalue weighted by Gasteiger charge is 2.27. The fourth-order valence-corrected chi connectivity index (χ4v) is 2.75. The molecule has 0 aliphatic carbocycles. The van der Waals surface area contributed by atoms with Gasteiger partial charge in [0.05, 0.1) is 5.60 Å². The minimum Gasteiger partial charge on any atom is -0.475 e. The van der Waals surface area contributed by atoms with Crippen molar-refractivity contribution in [2.24, 2.45) is 0 Å². The number of furan rings is 1. The molecule has 2 N–H and O–H groups in total.